The molecule has 0 aromatic carbocycles. The lowest BCUT2D eigenvalue weighted by atomic mass is 10.3. The summed E-state index contributed by atoms with van der Waals surface area (Å²) in [5.74, 6) is -1.06. The number of anilines is 1. The number of aromatic carboxylic acids is 1. The first-order valence-electron chi connectivity index (χ1n) is 5.89. The lowest BCUT2D eigenvalue weighted by molar-refractivity contribution is 0.0698. The quantitative estimate of drug-likeness (QED) is 0.792. The summed E-state index contributed by atoms with van der Waals surface area (Å²) in [7, 11) is 0. The third-order valence-electron chi connectivity index (χ3n) is 2.47. The van der Waals surface area contributed by atoms with Gasteiger partial charge in [-0.05, 0) is 17.9 Å². The number of amides is 2. The van der Waals surface area contributed by atoms with E-state index in [9.17, 15) is 9.59 Å². The Bertz CT molecular complexity index is 621. The van der Waals surface area contributed by atoms with E-state index in [1.807, 2.05) is 6.92 Å². The number of hydrogen-bond donors (Lipinski definition) is 3. The average Bonchev–Trinajstić information content (AvgIpc) is 3.04. The number of aromatic nitrogens is 1. The highest BCUT2D eigenvalue weighted by atomic mass is 32.1. The number of aryl methyl sites for hydroxylation is 1. The minimum absolute atomic E-state index is 0.0904. The van der Waals surface area contributed by atoms with E-state index in [2.05, 4.69) is 15.6 Å². The Kier molecular flexibility index (Phi) is 4.70. The minimum Gasteiger partial charge on any atom is -0.478 e. The number of carbonyl (C=O) groups is 2. The van der Waals surface area contributed by atoms with Gasteiger partial charge in [0.05, 0.1) is 12.1 Å². The van der Waals surface area contributed by atoms with Crippen molar-refractivity contribution in [1.29, 1.82) is 0 Å². The molecule has 106 valence electrons. The molecule has 0 aliphatic heterocycles. The predicted molar refractivity (Wildman–Crippen MR) is 78.6 cm³/mol. The van der Waals surface area contributed by atoms with Gasteiger partial charge in [0.25, 0.3) is 0 Å². The van der Waals surface area contributed by atoms with Crippen molar-refractivity contribution in [3.8, 4) is 0 Å². The summed E-state index contributed by atoms with van der Waals surface area (Å²) < 4.78 is 0. The van der Waals surface area contributed by atoms with Crippen LogP contribution in [0.1, 0.15) is 27.2 Å². The van der Waals surface area contributed by atoms with Crippen LogP contribution in [0.5, 0.6) is 0 Å². The molecule has 0 aliphatic rings. The summed E-state index contributed by atoms with van der Waals surface area (Å²) in [5, 5.41) is 16.9. The van der Waals surface area contributed by atoms with E-state index in [4.69, 9.17) is 5.11 Å². The van der Waals surface area contributed by atoms with Crippen molar-refractivity contribution in [1.82, 2.24) is 10.3 Å². The Morgan fingerprint density at radius 3 is 2.90 bits per heavy atom. The lowest BCUT2D eigenvalue weighted by Crippen LogP contribution is -2.28. The van der Waals surface area contributed by atoms with Gasteiger partial charge in [-0.1, -0.05) is 6.92 Å². The first-order valence-corrected chi connectivity index (χ1v) is 7.59. The zero-order chi connectivity index (χ0) is 14.5. The number of nitrogens with one attached hydrogen (secondary N) is 2. The Hall–Kier alpha value is -1.93. The molecule has 2 heterocycles. The Morgan fingerprint density at radius 2 is 2.25 bits per heavy atom. The molecule has 0 fully saturated rings. The van der Waals surface area contributed by atoms with Crippen LogP contribution in [0.25, 0.3) is 0 Å². The molecule has 0 bridgehead atoms. The maximum atomic E-state index is 11.7. The second-order valence-corrected chi connectivity index (χ2v) is 5.97. The van der Waals surface area contributed by atoms with Crippen LogP contribution < -0.4 is 10.6 Å². The highest BCUT2D eigenvalue weighted by Gasteiger charge is 2.13. The molecule has 0 aliphatic carbocycles. The second kappa shape index (κ2) is 6.49. The number of thiazole rings is 1. The van der Waals surface area contributed by atoms with Crippen LogP contribution in [-0.4, -0.2) is 22.1 Å². The predicted octanol–water partition coefficient (Wildman–Crippen LogP) is 2.79. The second-order valence-electron chi connectivity index (χ2n) is 3.85. The van der Waals surface area contributed by atoms with Crippen molar-refractivity contribution in [3.05, 3.63) is 33.1 Å². The van der Waals surface area contributed by atoms with Crippen molar-refractivity contribution in [2.24, 2.45) is 0 Å². The van der Waals surface area contributed by atoms with Crippen LogP contribution in [0.2, 0.25) is 0 Å². The number of rotatable bonds is 5. The van der Waals surface area contributed by atoms with Crippen LogP contribution >= 0.6 is 22.7 Å². The van der Waals surface area contributed by atoms with Gasteiger partial charge in [-0.15, -0.1) is 22.7 Å². The van der Waals surface area contributed by atoms with Gasteiger partial charge < -0.3 is 10.4 Å². The molecular weight excluding hydrogens is 298 g/mol. The fraction of sp³-hybridized carbons (Fsp3) is 0.250. The summed E-state index contributed by atoms with van der Waals surface area (Å²) in [4.78, 5) is 28.0. The van der Waals surface area contributed by atoms with E-state index in [0.29, 0.717) is 11.5 Å². The van der Waals surface area contributed by atoms with E-state index < -0.39 is 12.0 Å². The fourth-order valence-electron chi connectivity index (χ4n) is 1.47. The topological polar surface area (TPSA) is 91.3 Å². The monoisotopic (exact) mass is 311 g/mol. The summed E-state index contributed by atoms with van der Waals surface area (Å²) in [5.41, 5.74) is 0.0904. The van der Waals surface area contributed by atoms with Crippen molar-refractivity contribution >= 4 is 39.7 Å². The number of thiophene rings is 1. The van der Waals surface area contributed by atoms with Gasteiger partial charge >= 0.3 is 12.0 Å². The average molecular weight is 311 g/mol. The SMILES string of the molecule is CCc1cnc(CNC(=O)Nc2sccc2C(=O)O)s1. The molecule has 0 radical (unpaired) electrons. The van der Waals surface area contributed by atoms with Gasteiger partial charge in [0.15, 0.2) is 0 Å². The number of urea groups is 1. The third-order valence-corrected chi connectivity index (χ3v) is 4.44. The Balaban J connectivity index is 1.89. The van der Waals surface area contributed by atoms with E-state index in [1.165, 1.54) is 17.4 Å². The molecule has 8 heteroatoms. The third kappa shape index (κ3) is 3.55. The van der Waals surface area contributed by atoms with Crippen LogP contribution in [0.4, 0.5) is 9.80 Å². The fourth-order valence-corrected chi connectivity index (χ4v) is 3.05. The molecule has 0 saturated heterocycles. The number of hydrogen-bond acceptors (Lipinski definition) is 5. The lowest BCUT2D eigenvalue weighted by Gasteiger charge is -2.05. The van der Waals surface area contributed by atoms with E-state index >= 15 is 0 Å². The summed E-state index contributed by atoms with van der Waals surface area (Å²) in [6, 6.07) is 1.01. The maximum absolute atomic E-state index is 11.7. The smallest absolute Gasteiger partial charge is 0.338 e. The van der Waals surface area contributed by atoms with E-state index in [0.717, 1.165) is 16.3 Å². The number of nitrogens with zero attached hydrogens (tertiary/aromatic N) is 1. The molecule has 2 aromatic rings. The maximum Gasteiger partial charge on any atom is 0.338 e. The highest BCUT2D eigenvalue weighted by molar-refractivity contribution is 7.14. The molecule has 2 amide bonds. The molecule has 3 N–H and O–H groups in total. The number of carbonyl (C=O) groups excluding carboxylic acids is 1. The van der Waals surface area contributed by atoms with Crippen molar-refractivity contribution < 1.29 is 14.7 Å². The van der Waals surface area contributed by atoms with Gasteiger partial charge in [0.2, 0.25) is 0 Å². The zero-order valence-electron chi connectivity index (χ0n) is 10.7. The van der Waals surface area contributed by atoms with Crippen molar-refractivity contribution in [3.63, 3.8) is 0 Å². The van der Waals surface area contributed by atoms with Gasteiger partial charge in [0.1, 0.15) is 10.0 Å². The largest absolute Gasteiger partial charge is 0.478 e. The normalized spacial score (nSPS) is 10.2. The van der Waals surface area contributed by atoms with Crippen LogP contribution in [0.3, 0.4) is 0 Å². The molecule has 0 unspecified atom stereocenters. The molecule has 20 heavy (non-hydrogen) atoms. The summed E-state index contributed by atoms with van der Waals surface area (Å²) >= 11 is 2.72. The molecular formula is C12H13N3O3S2. The summed E-state index contributed by atoms with van der Waals surface area (Å²) in [6.07, 6.45) is 2.71. The first-order chi connectivity index (χ1) is 9.60. The van der Waals surface area contributed by atoms with Crippen molar-refractivity contribution in [2.75, 3.05) is 5.32 Å². The van der Waals surface area contributed by atoms with Crippen LogP contribution in [-0.2, 0) is 13.0 Å². The standard InChI is InChI=1S/C12H13N3O3S2/c1-2-7-5-13-9(20-7)6-14-12(18)15-10-8(11(16)17)3-4-19-10/h3-5H,2,6H2,1H3,(H,16,17)(H2,14,15,18). The molecule has 0 saturated carbocycles. The van der Waals surface area contributed by atoms with E-state index in [1.54, 1.807) is 22.9 Å². The minimum atomic E-state index is -1.06. The van der Waals surface area contributed by atoms with Gasteiger partial charge in [-0.3, -0.25) is 5.32 Å². The van der Waals surface area contributed by atoms with Crippen LogP contribution in [0, 0.1) is 0 Å². The Morgan fingerprint density at radius 1 is 1.45 bits per heavy atom. The molecule has 6 nitrogen and oxygen atoms in total. The van der Waals surface area contributed by atoms with Gasteiger partial charge in [-0.25, -0.2) is 14.6 Å². The van der Waals surface area contributed by atoms with Crippen LogP contribution in [0.15, 0.2) is 17.6 Å². The van der Waals surface area contributed by atoms with Crippen molar-refractivity contribution in [2.45, 2.75) is 19.9 Å². The number of carboxylic acid groups (broad SMARTS) is 1. The van der Waals surface area contributed by atoms with Gasteiger partial charge in [0, 0.05) is 11.1 Å². The molecule has 2 aromatic heterocycles. The Labute approximate surface area is 123 Å². The molecule has 0 spiro atoms. The number of carboxylic acids is 1. The first kappa shape index (κ1) is 14.5. The molecule has 0 atom stereocenters. The highest BCUT2D eigenvalue weighted by Crippen LogP contribution is 2.22. The molecule has 2 rings (SSSR count). The van der Waals surface area contributed by atoms with Gasteiger partial charge in [-0.2, -0.15) is 0 Å². The zero-order valence-corrected chi connectivity index (χ0v) is 12.3. The summed E-state index contributed by atoms with van der Waals surface area (Å²) in [6.45, 7) is 2.37. The van der Waals surface area contributed by atoms with E-state index in [-0.39, 0.29) is 5.56 Å².